The number of ether oxygens (including phenoxy) is 1. The average Bonchev–Trinajstić information content (AvgIpc) is 2.46. The number of phenolic OH excluding ortho intramolecular Hbond substituents is 1. The topological polar surface area (TPSA) is 92.6 Å². The number of benzene rings is 1. The molecule has 0 saturated heterocycles. The molecular formula is C13H11N3O4. The van der Waals surface area contributed by atoms with Gasteiger partial charge in [0.2, 0.25) is 12.8 Å². The van der Waals surface area contributed by atoms with Gasteiger partial charge in [0.15, 0.2) is 0 Å². The molecule has 0 fully saturated rings. The number of carbonyl (C=O) groups excluding carboxylic acids is 2. The number of phenols is 1. The molecule has 0 atom stereocenters. The fraction of sp³-hybridized carbons (Fsp3) is 0.0769. The Kier molecular flexibility index (Phi) is 3.90. The second kappa shape index (κ2) is 5.79. The van der Waals surface area contributed by atoms with Crippen molar-refractivity contribution in [1.82, 2.24) is 9.97 Å². The number of amides is 2. The molecule has 20 heavy (non-hydrogen) atoms. The Hall–Kier alpha value is -2.96. The van der Waals surface area contributed by atoms with Crippen LogP contribution in [0, 0.1) is 6.92 Å². The van der Waals surface area contributed by atoms with Gasteiger partial charge >= 0.3 is 6.01 Å². The minimum Gasteiger partial charge on any atom is -0.508 e. The first kappa shape index (κ1) is 13.5. The molecule has 1 N–H and O–H groups in total. The first-order valence-corrected chi connectivity index (χ1v) is 5.62. The Morgan fingerprint density at radius 3 is 2.40 bits per heavy atom. The summed E-state index contributed by atoms with van der Waals surface area (Å²) in [6.45, 7) is 1.76. The molecule has 0 aliphatic heterocycles. The number of aromatic hydroxyl groups is 1. The highest BCUT2D eigenvalue weighted by molar-refractivity contribution is 5.94. The van der Waals surface area contributed by atoms with Crippen molar-refractivity contribution >= 4 is 18.5 Å². The SMILES string of the molecule is Cc1ccc(Oc2ncc(N(C=O)C=O)cn2)cc1O. The molecular weight excluding hydrogens is 262 g/mol. The maximum absolute atomic E-state index is 10.6. The van der Waals surface area contributed by atoms with Gasteiger partial charge in [-0.3, -0.25) is 14.5 Å². The van der Waals surface area contributed by atoms with E-state index in [4.69, 9.17) is 4.74 Å². The zero-order valence-electron chi connectivity index (χ0n) is 10.6. The van der Waals surface area contributed by atoms with Gasteiger partial charge < -0.3 is 9.84 Å². The summed E-state index contributed by atoms with van der Waals surface area (Å²) in [6.07, 6.45) is 3.26. The Morgan fingerprint density at radius 1 is 1.20 bits per heavy atom. The van der Waals surface area contributed by atoms with E-state index in [2.05, 4.69) is 9.97 Å². The average molecular weight is 273 g/mol. The molecule has 7 nitrogen and oxygen atoms in total. The summed E-state index contributed by atoms with van der Waals surface area (Å²) in [5.74, 6) is 0.482. The Bertz CT molecular complexity index is 620. The van der Waals surface area contributed by atoms with Gasteiger partial charge in [-0.15, -0.1) is 0 Å². The van der Waals surface area contributed by atoms with Crippen molar-refractivity contribution < 1.29 is 19.4 Å². The van der Waals surface area contributed by atoms with Gasteiger partial charge in [0.1, 0.15) is 11.5 Å². The van der Waals surface area contributed by atoms with Gasteiger partial charge in [-0.1, -0.05) is 6.07 Å². The van der Waals surface area contributed by atoms with Crippen LogP contribution in [0.1, 0.15) is 5.56 Å². The lowest BCUT2D eigenvalue weighted by Gasteiger charge is -2.09. The fourth-order valence-corrected chi connectivity index (χ4v) is 1.40. The van der Waals surface area contributed by atoms with Crippen molar-refractivity contribution in [1.29, 1.82) is 0 Å². The van der Waals surface area contributed by atoms with Crippen LogP contribution in [0.3, 0.4) is 0 Å². The third kappa shape index (κ3) is 2.89. The van der Waals surface area contributed by atoms with Crippen molar-refractivity contribution in [3.05, 3.63) is 36.2 Å². The predicted molar refractivity (Wildman–Crippen MR) is 69.6 cm³/mol. The molecule has 0 unspecified atom stereocenters. The summed E-state index contributed by atoms with van der Waals surface area (Å²) in [6, 6.07) is 4.83. The van der Waals surface area contributed by atoms with Crippen LogP contribution in [-0.4, -0.2) is 27.9 Å². The highest BCUT2D eigenvalue weighted by atomic mass is 16.5. The van der Waals surface area contributed by atoms with E-state index in [0.29, 0.717) is 18.6 Å². The van der Waals surface area contributed by atoms with Crippen molar-refractivity contribution in [3.8, 4) is 17.5 Å². The highest BCUT2D eigenvalue weighted by Crippen LogP contribution is 2.25. The highest BCUT2D eigenvalue weighted by Gasteiger charge is 2.07. The molecule has 0 bridgehead atoms. The van der Waals surface area contributed by atoms with Crippen molar-refractivity contribution in [3.63, 3.8) is 0 Å². The minimum absolute atomic E-state index is 0.0359. The van der Waals surface area contributed by atoms with Crippen LogP contribution in [0.5, 0.6) is 17.5 Å². The largest absolute Gasteiger partial charge is 0.508 e. The predicted octanol–water partition coefficient (Wildman–Crippen LogP) is 1.40. The van der Waals surface area contributed by atoms with Gasteiger partial charge in [-0.25, -0.2) is 9.97 Å². The lowest BCUT2D eigenvalue weighted by Crippen LogP contribution is -2.18. The Balaban J connectivity index is 2.16. The van der Waals surface area contributed by atoms with Crippen molar-refractivity contribution in [2.45, 2.75) is 6.92 Å². The Morgan fingerprint density at radius 2 is 1.85 bits per heavy atom. The van der Waals surface area contributed by atoms with E-state index < -0.39 is 0 Å². The van der Waals surface area contributed by atoms with Crippen LogP contribution in [-0.2, 0) is 9.59 Å². The quantitative estimate of drug-likeness (QED) is 0.828. The van der Waals surface area contributed by atoms with Gasteiger partial charge in [0.25, 0.3) is 0 Å². The minimum atomic E-state index is 0.0359. The third-order valence-corrected chi connectivity index (χ3v) is 2.53. The molecule has 0 spiro atoms. The van der Waals surface area contributed by atoms with Crippen molar-refractivity contribution in [2.75, 3.05) is 4.90 Å². The maximum atomic E-state index is 10.6. The molecule has 0 aliphatic carbocycles. The first-order valence-electron chi connectivity index (χ1n) is 5.62. The van der Waals surface area contributed by atoms with Crippen LogP contribution in [0.4, 0.5) is 5.69 Å². The molecule has 0 aliphatic rings. The van der Waals surface area contributed by atoms with Gasteiger partial charge in [0.05, 0.1) is 18.1 Å². The zero-order chi connectivity index (χ0) is 14.5. The molecule has 1 aromatic carbocycles. The number of anilines is 1. The normalized spacial score (nSPS) is 9.85. The van der Waals surface area contributed by atoms with E-state index in [1.807, 2.05) is 0 Å². The standard InChI is InChI=1S/C13H11N3O4/c1-9-2-3-11(4-12(9)19)20-13-14-5-10(6-15-13)16(7-17)8-18/h2-8,19H,1H3. The summed E-state index contributed by atoms with van der Waals surface area (Å²) in [5.41, 5.74) is 0.954. The van der Waals surface area contributed by atoms with Gasteiger partial charge in [-0.05, 0) is 18.6 Å². The van der Waals surface area contributed by atoms with Crippen LogP contribution in [0.2, 0.25) is 0 Å². The maximum Gasteiger partial charge on any atom is 0.322 e. The smallest absolute Gasteiger partial charge is 0.322 e. The van der Waals surface area contributed by atoms with E-state index in [-0.39, 0.29) is 17.4 Å². The number of carbonyl (C=O) groups is 2. The number of hydrogen-bond donors (Lipinski definition) is 1. The van der Waals surface area contributed by atoms with E-state index in [1.165, 1.54) is 18.5 Å². The zero-order valence-corrected chi connectivity index (χ0v) is 10.6. The van der Waals surface area contributed by atoms with Crippen LogP contribution >= 0.6 is 0 Å². The summed E-state index contributed by atoms with van der Waals surface area (Å²) in [4.78, 5) is 29.7. The first-order chi connectivity index (χ1) is 9.63. The number of aromatic nitrogens is 2. The Labute approximate surface area is 114 Å². The van der Waals surface area contributed by atoms with E-state index >= 15 is 0 Å². The molecule has 7 heteroatoms. The number of imide groups is 1. The van der Waals surface area contributed by atoms with E-state index in [9.17, 15) is 14.7 Å². The molecule has 1 heterocycles. The van der Waals surface area contributed by atoms with Crippen LogP contribution in [0.25, 0.3) is 0 Å². The molecule has 0 saturated carbocycles. The van der Waals surface area contributed by atoms with Gasteiger partial charge in [0, 0.05) is 6.07 Å². The molecule has 2 rings (SSSR count). The lowest BCUT2D eigenvalue weighted by molar-refractivity contribution is -0.114. The lowest BCUT2D eigenvalue weighted by atomic mass is 10.2. The summed E-state index contributed by atoms with van der Waals surface area (Å²) in [5, 5.41) is 9.55. The number of hydrogen-bond acceptors (Lipinski definition) is 6. The van der Waals surface area contributed by atoms with Gasteiger partial charge in [-0.2, -0.15) is 0 Å². The second-order valence-electron chi connectivity index (χ2n) is 3.89. The molecule has 102 valence electrons. The molecule has 2 amide bonds. The molecule has 2 aromatic rings. The fourth-order valence-electron chi connectivity index (χ4n) is 1.40. The number of rotatable bonds is 5. The summed E-state index contributed by atoms with van der Waals surface area (Å²) < 4.78 is 5.34. The summed E-state index contributed by atoms with van der Waals surface area (Å²) in [7, 11) is 0. The van der Waals surface area contributed by atoms with E-state index in [1.54, 1.807) is 19.1 Å². The number of nitrogens with zero attached hydrogens (tertiary/aromatic N) is 3. The van der Waals surface area contributed by atoms with E-state index in [0.717, 1.165) is 10.5 Å². The second-order valence-corrected chi connectivity index (χ2v) is 3.89. The van der Waals surface area contributed by atoms with Crippen LogP contribution in [0.15, 0.2) is 30.6 Å². The molecule has 1 aromatic heterocycles. The monoisotopic (exact) mass is 273 g/mol. The van der Waals surface area contributed by atoms with Crippen LogP contribution < -0.4 is 9.64 Å². The third-order valence-electron chi connectivity index (χ3n) is 2.53. The van der Waals surface area contributed by atoms with Crippen molar-refractivity contribution in [2.24, 2.45) is 0 Å². The molecule has 0 radical (unpaired) electrons. The number of aryl methyl sites for hydroxylation is 1. The summed E-state index contributed by atoms with van der Waals surface area (Å²) >= 11 is 0.